The normalized spacial score (nSPS) is 16.2. The highest BCUT2D eigenvalue weighted by Crippen LogP contribution is 2.43. The van der Waals surface area contributed by atoms with E-state index in [1.54, 1.807) is 58.0 Å². The molecule has 2 unspecified atom stereocenters. The predicted octanol–water partition coefficient (Wildman–Crippen LogP) is 2.50. The van der Waals surface area contributed by atoms with Gasteiger partial charge in [0, 0.05) is 39.5 Å². The van der Waals surface area contributed by atoms with Gasteiger partial charge in [-0.05, 0) is 43.9 Å². The SMILES string of the molecule is CC(=O)Oc1cc(C2=CN(C(C)=O)C(C(C)C)C(=O)N2CC(=O)[C@@H](Cc2ccccc2)C(N)(O)C(=O)OC(C)C)cc(OC(C)=O)c1OC(C)=O. The van der Waals surface area contributed by atoms with Crippen LogP contribution in [0.4, 0.5) is 0 Å². The molecular weight excluding hydrogens is 666 g/mol. The Morgan fingerprint density at radius 1 is 0.863 bits per heavy atom. The zero-order valence-corrected chi connectivity index (χ0v) is 29.8. The highest BCUT2D eigenvalue weighted by Gasteiger charge is 2.48. The summed E-state index contributed by atoms with van der Waals surface area (Å²) in [6.07, 6.45) is 0.389. The van der Waals surface area contributed by atoms with E-state index < -0.39 is 83.5 Å². The molecule has 0 aliphatic carbocycles. The van der Waals surface area contributed by atoms with E-state index in [0.29, 0.717) is 5.56 Å². The number of Topliss-reactive ketones (excluding diaryl/α,β-unsaturated/α-hetero) is 1. The molecule has 0 aromatic heterocycles. The highest BCUT2D eigenvalue weighted by atomic mass is 16.6. The first-order chi connectivity index (χ1) is 23.7. The van der Waals surface area contributed by atoms with Crippen molar-refractivity contribution in [1.29, 1.82) is 0 Å². The van der Waals surface area contributed by atoms with Crippen molar-refractivity contribution in [3.8, 4) is 17.2 Å². The number of benzene rings is 2. The molecule has 0 fully saturated rings. The van der Waals surface area contributed by atoms with E-state index in [4.69, 9.17) is 24.7 Å². The van der Waals surface area contributed by atoms with Crippen molar-refractivity contribution in [1.82, 2.24) is 9.80 Å². The number of nitrogens with zero attached hydrogens (tertiary/aromatic N) is 2. The van der Waals surface area contributed by atoms with Crippen LogP contribution in [0.1, 0.15) is 66.5 Å². The van der Waals surface area contributed by atoms with Crippen molar-refractivity contribution in [2.45, 2.75) is 79.7 Å². The van der Waals surface area contributed by atoms with Crippen molar-refractivity contribution in [3.63, 3.8) is 0 Å². The first kappa shape index (κ1) is 40.0. The summed E-state index contributed by atoms with van der Waals surface area (Å²) < 4.78 is 21.0. The number of aliphatic hydroxyl groups is 1. The van der Waals surface area contributed by atoms with Gasteiger partial charge in [-0.3, -0.25) is 34.5 Å². The lowest BCUT2D eigenvalue weighted by Crippen LogP contribution is -2.61. The van der Waals surface area contributed by atoms with Crippen LogP contribution < -0.4 is 19.9 Å². The van der Waals surface area contributed by atoms with E-state index in [1.165, 1.54) is 30.2 Å². The Morgan fingerprint density at radius 3 is 1.84 bits per heavy atom. The Morgan fingerprint density at radius 2 is 1.39 bits per heavy atom. The van der Waals surface area contributed by atoms with Gasteiger partial charge in [-0.15, -0.1) is 0 Å². The Kier molecular flexibility index (Phi) is 13.0. The van der Waals surface area contributed by atoms with E-state index >= 15 is 0 Å². The summed E-state index contributed by atoms with van der Waals surface area (Å²) in [6, 6.07) is 9.74. The largest absolute Gasteiger partial charge is 0.460 e. The fourth-order valence-electron chi connectivity index (χ4n) is 5.48. The number of carbonyl (C=O) groups is 7. The molecule has 2 aromatic carbocycles. The lowest BCUT2D eigenvalue weighted by Gasteiger charge is -2.41. The van der Waals surface area contributed by atoms with Crippen molar-refractivity contribution in [3.05, 3.63) is 59.8 Å². The lowest BCUT2D eigenvalue weighted by molar-refractivity contribution is -0.177. The van der Waals surface area contributed by atoms with E-state index in [9.17, 15) is 38.7 Å². The first-order valence-electron chi connectivity index (χ1n) is 16.1. The molecule has 1 heterocycles. The second kappa shape index (κ2) is 16.5. The fourth-order valence-corrected chi connectivity index (χ4v) is 5.48. The zero-order valence-electron chi connectivity index (χ0n) is 29.8. The van der Waals surface area contributed by atoms with Gasteiger partial charge in [-0.25, -0.2) is 4.79 Å². The molecule has 2 amide bonds. The Balaban J connectivity index is 2.30. The number of amides is 2. The van der Waals surface area contributed by atoms with Gasteiger partial charge >= 0.3 is 23.9 Å². The smallest absolute Gasteiger partial charge is 0.354 e. The molecule has 15 heteroatoms. The minimum atomic E-state index is -2.83. The van der Waals surface area contributed by atoms with Gasteiger partial charge < -0.3 is 33.9 Å². The maximum absolute atomic E-state index is 14.4. The number of carbonyl (C=O) groups excluding carboxylic acids is 7. The molecule has 0 saturated heterocycles. The van der Waals surface area contributed by atoms with E-state index in [-0.39, 0.29) is 29.2 Å². The second-order valence-electron chi connectivity index (χ2n) is 12.6. The molecule has 3 atom stereocenters. The number of ketones is 1. The minimum absolute atomic E-state index is 0.0187. The number of nitrogens with two attached hydrogens (primary N) is 1. The number of hydrogen-bond donors (Lipinski definition) is 2. The monoisotopic (exact) mass is 709 g/mol. The molecule has 1 aliphatic rings. The van der Waals surface area contributed by atoms with Gasteiger partial charge in [0.2, 0.25) is 17.4 Å². The first-order valence-corrected chi connectivity index (χ1v) is 16.1. The maximum Gasteiger partial charge on any atom is 0.354 e. The van der Waals surface area contributed by atoms with Crippen LogP contribution in [0, 0.1) is 11.8 Å². The minimum Gasteiger partial charge on any atom is -0.460 e. The number of hydrogen-bond acceptors (Lipinski definition) is 13. The Hall–Kier alpha value is -5.41. The molecule has 2 aromatic rings. The molecular formula is C36H43N3O12. The van der Waals surface area contributed by atoms with Crippen molar-refractivity contribution < 1.29 is 57.6 Å². The van der Waals surface area contributed by atoms with Crippen LogP contribution in [0.3, 0.4) is 0 Å². The molecule has 15 nitrogen and oxygen atoms in total. The highest BCUT2D eigenvalue weighted by molar-refractivity contribution is 6.01. The predicted molar refractivity (Wildman–Crippen MR) is 180 cm³/mol. The van der Waals surface area contributed by atoms with Crippen LogP contribution in [0.25, 0.3) is 5.70 Å². The Bertz CT molecular complexity index is 1690. The quantitative estimate of drug-likeness (QED) is 0.174. The van der Waals surface area contributed by atoms with Gasteiger partial charge in [0.1, 0.15) is 6.04 Å². The van der Waals surface area contributed by atoms with Crippen LogP contribution in [-0.4, -0.2) is 80.8 Å². The van der Waals surface area contributed by atoms with Gasteiger partial charge in [0.25, 0.3) is 5.91 Å². The van der Waals surface area contributed by atoms with Crippen LogP contribution in [0.5, 0.6) is 17.2 Å². The van der Waals surface area contributed by atoms with Gasteiger partial charge in [0.15, 0.2) is 17.3 Å². The summed E-state index contributed by atoms with van der Waals surface area (Å²) in [5, 5.41) is 11.4. The third-order valence-electron chi connectivity index (χ3n) is 7.62. The molecule has 0 saturated carbocycles. The average molecular weight is 710 g/mol. The zero-order chi connectivity index (χ0) is 38.4. The van der Waals surface area contributed by atoms with E-state index in [2.05, 4.69) is 0 Å². The summed E-state index contributed by atoms with van der Waals surface area (Å²) in [7, 11) is 0. The summed E-state index contributed by atoms with van der Waals surface area (Å²) in [4.78, 5) is 93.1. The summed E-state index contributed by atoms with van der Waals surface area (Å²) >= 11 is 0. The molecule has 3 N–H and O–H groups in total. The van der Waals surface area contributed by atoms with Crippen LogP contribution in [-0.2, 0) is 44.7 Å². The van der Waals surface area contributed by atoms with Crippen LogP contribution >= 0.6 is 0 Å². The topological polar surface area (TPSA) is 209 Å². The third kappa shape index (κ3) is 9.86. The summed E-state index contributed by atoms with van der Waals surface area (Å²) in [6.45, 7) is 10.1. The molecule has 0 bridgehead atoms. The Labute approximate surface area is 295 Å². The van der Waals surface area contributed by atoms with Crippen LogP contribution in [0.15, 0.2) is 48.7 Å². The molecule has 51 heavy (non-hydrogen) atoms. The summed E-state index contributed by atoms with van der Waals surface area (Å²) in [5.41, 5.74) is 3.74. The van der Waals surface area contributed by atoms with Crippen LogP contribution in [0.2, 0.25) is 0 Å². The summed E-state index contributed by atoms with van der Waals surface area (Å²) in [5.74, 6) is -9.20. The van der Waals surface area contributed by atoms with Gasteiger partial charge in [0.05, 0.1) is 24.3 Å². The van der Waals surface area contributed by atoms with Gasteiger partial charge in [-0.2, -0.15) is 0 Å². The van der Waals surface area contributed by atoms with Gasteiger partial charge in [-0.1, -0.05) is 44.2 Å². The van der Waals surface area contributed by atoms with Crippen molar-refractivity contribution in [2.24, 2.45) is 17.6 Å². The molecule has 0 radical (unpaired) electrons. The van der Waals surface area contributed by atoms with Crippen molar-refractivity contribution >= 4 is 47.2 Å². The van der Waals surface area contributed by atoms with E-state index in [1.807, 2.05) is 0 Å². The molecule has 3 rings (SSSR count). The molecule has 274 valence electrons. The maximum atomic E-state index is 14.4. The number of rotatable bonds is 13. The standard InChI is InChI=1S/C36H43N3O12/c1-19(2)32-34(45)39(18-29(44)27(14-25-12-10-9-11-13-25)36(37,47)35(46)48-20(3)4)28(17-38(32)21(5)40)26-15-30(49-22(6)41)33(51-24(8)43)31(16-26)50-23(7)42/h9-13,15-17,19-20,27,32,47H,14,18,37H2,1-8H3/t27-,32?,36?/m1/s1. The van der Waals surface area contributed by atoms with E-state index in [0.717, 1.165) is 25.7 Å². The van der Waals surface area contributed by atoms with Crippen molar-refractivity contribution in [2.75, 3.05) is 6.54 Å². The molecule has 0 spiro atoms. The average Bonchev–Trinajstić information content (AvgIpc) is 3.01. The number of ether oxygens (including phenoxy) is 4. The fraction of sp³-hybridized carbons (Fsp3) is 0.417. The third-order valence-corrected chi connectivity index (χ3v) is 7.62. The molecule has 1 aliphatic heterocycles. The lowest BCUT2D eigenvalue weighted by atomic mass is 9.85. The number of esters is 4. The second-order valence-corrected chi connectivity index (χ2v) is 12.6.